The zero-order valence-corrected chi connectivity index (χ0v) is 15.1. The number of hydrogen-bond acceptors (Lipinski definition) is 4. The van der Waals surface area contributed by atoms with Crippen molar-refractivity contribution in [1.29, 1.82) is 0 Å². The molecule has 1 heterocycles. The van der Waals surface area contributed by atoms with Gasteiger partial charge in [0.15, 0.2) is 0 Å². The Hall–Kier alpha value is -2.92. The molecular weight excluding hydrogens is 348 g/mol. The largest absolute Gasteiger partial charge is 0.337 e. The first-order valence-corrected chi connectivity index (χ1v) is 8.72. The van der Waals surface area contributed by atoms with E-state index < -0.39 is 0 Å². The second-order valence-electron chi connectivity index (χ2n) is 5.71. The van der Waals surface area contributed by atoms with E-state index in [0.29, 0.717) is 28.9 Å². The molecule has 1 N–H and O–H groups in total. The Labute approximate surface area is 157 Å². The van der Waals surface area contributed by atoms with Gasteiger partial charge in [-0.25, -0.2) is 9.97 Å². The van der Waals surface area contributed by atoms with E-state index in [4.69, 9.17) is 11.6 Å². The van der Waals surface area contributed by atoms with E-state index in [9.17, 15) is 4.79 Å². The molecule has 3 rings (SSSR count). The summed E-state index contributed by atoms with van der Waals surface area (Å²) in [6, 6.07) is 18.7. The lowest BCUT2D eigenvalue weighted by atomic mass is 10.2. The van der Waals surface area contributed by atoms with Crippen molar-refractivity contribution in [1.82, 2.24) is 9.97 Å². The van der Waals surface area contributed by atoms with Gasteiger partial charge in [0.1, 0.15) is 5.69 Å². The quantitative estimate of drug-likeness (QED) is 0.702. The normalized spacial score (nSPS) is 10.4. The van der Waals surface area contributed by atoms with Crippen LogP contribution in [0.25, 0.3) is 0 Å². The lowest BCUT2D eigenvalue weighted by molar-refractivity contribution is 0.102. The third kappa shape index (κ3) is 4.58. The molecule has 0 unspecified atom stereocenters. The number of benzene rings is 2. The van der Waals surface area contributed by atoms with Crippen LogP contribution in [0.4, 0.5) is 11.6 Å². The van der Waals surface area contributed by atoms with E-state index in [1.807, 2.05) is 30.0 Å². The first-order chi connectivity index (χ1) is 12.7. The van der Waals surface area contributed by atoms with Crippen molar-refractivity contribution in [3.8, 4) is 0 Å². The van der Waals surface area contributed by atoms with Gasteiger partial charge in [0, 0.05) is 30.0 Å². The van der Waals surface area contributed by atoms with Crippen LogP contribution in [0.1, 0.15) is 23.0 Å². The number of rotatable bonds is 6. The number of nitrogens with one attached hydrogen (secondary N) is 1. The minimum Gasteiger partial charge on any atom is -0.337 e. The van der Waals surface area contributed by atoms with Crippen molar-refractivity contribution in [2.24, 2.45) is 0 Å². The van der Waals surface area contributed by atoms with Crippen LogP contribution in [0.3, 0.4) is 0 Å². The Morgan fingerprint density at radius 3 is 2.65 bits per heavy atom. The van der Waals surface area contributed by atoms with E-state index in [1.54, 1.807) is 36.5 Å². The van der Waals surface area contributed by atoms with Gasteiger partial charge in [0.25, 0.3) is 5.91 Å². The van der Waals surface area contributed by atoms with Gasteiger partial charge in [0.2, 0.25) is 5.95 Å². The lowest BCUT2D eigenvalue weighted by Gasteiger charge is -2.21. The molecule has 0 bridgehead atoms. The summed E-state index contributed by atoms with van der Waals surface area (Å²) >= 11 is 5.95. The number of anilines is 2. The molecular formula is C20H19ClN4O. The van der Waals surface area contributed by atoms with Crippen molar-refractivity contribution >= 4 is 29.1 Å². The highest BCUT2D eigenvalue weighted by Gasteiger charge is 2.13. The number of carbonyl (C=O) groups excluding carboxylic acids is 1. The van der Waals surface area contributed by atoms with Crippen LogP contribution in [-0.2, 0) is 6.54 Å². The van der Waals surface area contributed by atoms with Gasteiger partial charge in [-0.2, -0.15) is 0 Å². The Kier molecular flexibility index (Phi) is 5.81. The molecule has 0 saturated carbocycles. The Morgan fingerprint density at radius 2 is 1.92 bits per heavy atom. The molecule has 0 spiro atoms. The van der Waals surface area contributed by atoms with E-state index in [2.05, 4.69) is 27.4 Å². The Bertz CT molecular complexity index is 886. The molecule has 0 aliphatic heterocycles. The molecule has 2 aromatic carbocycles. The fourth-order valence-corrected chi connectivity index (χ4v) is 2.71. The summed E-state index contributed by atoms with van der Waals surface area (Å²) < 4.78 is 0. The summed E-state index contributed by atoms with van der Waals surface area (Å²) in [4.78, 5) is 23.3. The Morgan fingerprint density at radius 1 is 1.12 bits per heavy atom. The van der Waals surface area contributed by atoms with Gasteiger partial charge in [-0.05, 0) is 36.8 Å². The number of carbonyl (C=O) groups is 1. The van der Waals surface area contributed by atoms with Crippen LogP contribution in [-0.4, -0.2) is 22.4 Å². The highest BCUT2D eigenvalue weighted by atomic mass is 35.5. The highest BCUT2D eigenvalue weighted by molar-refractivity contribution is 6.30. The zero-order valence-electron chi connectivity index (χ0n) is 14.4. The fraction of sp³-hybridized carbons (Fsp3) is 0.150. The van der Waals surface area contributed by atoms with Gasteiger partial charge in [-0.1, -0.05) is 48.0 Å². The SMILES string of the molecule is CCN(Cc1ccccc1)c1nccc(C(=O)Nc2cccc(Cl)c2)n1. The van der Waals surface area contributed by atoms with Gasteiger partial charge < -0.3 is 10.2 Å². The molecule has 1 amide bonds. The molecule has 5 nitrogen and oxygen atoms in total. The third-order valence-corrected chi connectivity index (χ3v) is 4.07. The van der Waals surface area contributed by atoms with Gasteiger partial charge in [-0.15, -0.1) is 0 Å². The summed E-state index contributed by atoms with van der Waals surface area (Å²) in [5.74, 6) is 0.224. The molecule has 0 atom stereocenters. The van der Waals surface area contributed by atoms with Crippen molar-refractivity contribution < 1.29 is 4.79 Å². The highest BCUT2D eigenvalue weighted by Crippen LogP contribution is 2.17. The maximum Gasteiger partial charge on any atom is 0.274 e. The van der Waals surface area contributed by atoms with Gasteiger partial charge >= 0.3 is 0 Å². The van der Waals surface area contributed by atoms with E-state index in [0.717, 1.165) is 12.1 Å². The number of aromatic nitrogens is 2. The van der Waals surface area contributed by atoms with Crippen LogP contribution < -0.4 is 10.2 Å². The van der Waals surface area contributed by atoms with Crippen LogP contribution in [0.15, 0.2) is 66.9 Å². The molecule has 0 fully saturated rings. The van der Waals surface area contributed by atoms with Crippen LogP contribution >= 0.6 is 11.6 Å². The fourth-order valence-electron chi connectivity index (χ4n) is 2.52. The smallest absolute Gasteiger partial charge is 0.274 e. The molecule has 0 aliphatic carbocycles. The lowest BCUT2D eigenvalue weighted by Crippen LogP contribution is -2.25. The number of hydrogen-bond donors (Lipinski definition) is 1. The van der Waals surface area contributed by atoms with Crippen LogP contribution in [0.2, 0.25) is 5.02 Å². The molecule has 132 valence electrons. The summed E-state index contributed by atoms with van der Waals surface area (Å²) in [6.07, 6.45) is 1.60. The molecule has 0 radical (unpaired) electrons. The monoisotopic (exact) mass is 366 g/mol. The van der Waals surface area contributed by atoms with E-state index in [1.165, 1.54) is 0 Å². The van der Waals surface area contributed by atoms with Gasteiger partial charge in [-0.3, -0.25) is 4.79 Å². The minimum atomic E-state index is -0.299. The molecule has 6 heteroatoms. The summed E-state index contributed by atoms with van der Waals surface area (Å²) in [5.41, 5.74) is 2.09. The van der Waals surface area contributed by atoms with Crippen molar-refractivity contribution in [3.05, 3.63) is 83.1 Å². The molecule has 3 aromatic rings. The molecule has 0 aliphatic rings. The first kappa shape index (κ1) is 17.9. The predicted octanol–water partition coefficient (Wildman–Crippen LogP) is 4.41. The summed E-state index contributed by atoms with van der Waals surface area (Å²) in [6.45, 7) is 3.44. The van der Waals surface area contributed by atoms with E-state index in [-0.39, 0.29) is 5.91 Å². The van der Waals surface area contributed by atoms with Crippen molar-refractivity contribution in [2.75, 3.05) is 16.8 Å². The second-order valence-corrected chi connectivity index (χ2v) is 6.14. The van der Waals surface area contributed by atoms with Crippen LogP contribution in [0, 0.1) is 0 Å². The number of amides is 1. The first-order valence-electron chi connectivity index (χ1n) is 8.34. The van der Waals surface area contributed by atoms with Crippen molar-refractivity contribution in [3.63, 3.8) is 0 Å². The number of halogens is 1. The average Bonchev–Trinajstić information content (AvgIpc) is 2.67. The number of nitrogens with zero attached hydrogens (tertiary/aromatic N) is 3. The Balaban J connectivity index is 1.77. The third-order valence-electron chi connectivity index (χ3n) is 3.84. The van der Waals surface area contributed by atoms with Gasteiger partial charge in [0.05, 0.1) is 0 Å². The molecule has 0 saturated heterocycles. The van der Waals surface area contributed by atoms with Crippen LogP contribution in [0.5, 0.6) is 0 Å². The average molecular weight is 367 g/mol. The second kappa shape index (κ2) is 8.45. The summed E-state index contributed by atoms with van der Waals surface area (Å²) in [5, 5.41) is 3.36. The zero-order chi connectivity index (χ0) is 18.4. The topological polar surface area (TPSA) is 58.1 Å². The maximum absolute atomic E-state index is 12.5. The van der Waals surface area contributed by atoms with E-state index >= 15 is 0 Å². The minimum absolute atomic E-state index is 0.299. The standard InChI is InChI=1S/C20H19ClN4O/c1-2-25(14-15-7-4-3-5-8-15)20-22-12-11-18(24-20)19(26)23-17-10-6-9-16(21)13-17/h3-13H,2,14H2,1H3,(H,23,26). The molecule has 26 heavy (non-hydrogen) atoms. The van der Waals surface area contributed by atoms with Crippen molar-refractivity contribution in [2.45, 2.75) is 13.5 Å². The predicted molar refractivity (Wildman–Crippen MR) is 105 cm³/mol. The maximum atomic E-state index is 12.5. The summed E-state index contributed by atoms with van der Waals surface area (Å²) in [7, 11) is 0. The molecule has 1 aromatic heterocycles.